The lowest BCUT2D eigenvalue weighted by molar-refractivity contribution is 0.673. The van der Waals surface area contributed by atoms with Crippen molar-refractivity contribution in [1.29, 1.82) is 0 Å². The lowest BCUT2D eigenvalue weighted by atomic mass is 10.3. The van der Waals surface area contributed by atoms with Gasteiger partial charge in [-0.15, -0.1) is 0 Å². The Bertz CT molecular complexity index is 481. The van der Waals surface area contributed by atoms with E-state index in [1.54, 1.807) is 11.8 Å². The van der Waals surface area contributed by atoms with Crippen LogP contribution in [0.3, 0.4) is 0 Å². The number of hydrogen-bond acceptors (Lipinski definition) is 6. The van der Waals surface area contributed by atoms with Crippen LogP contribution in [0.2, 0.25) is 0 Å². The SMILES string of the molecule is CCCNCc1ccc(Sc2nc(C)ns2)nc1. The number of pyridine rings is 1. The Morgan fingerprint density at radius 3 is 2.89 bits per heavy atom. The largest absolute Gasteiger partial charge is 0.313 e. The highest BCUT2D eigenvalue weighted by atomic mass is 32.2. The first-order valence-corrected chi connectivity index (χ1v) is 7.50. The first kappa shape index (κ1) is 13.5. The first-order valence-electron chi connectivity index (χ1n) is 5.91. The van der Waals surface area contributed by atoms with E-state index >= 15 is 0 Å². The zero-order chi connectivity index (χ0) is 12.8. The molecule has 0 saturated carbocycles. The average molecular weight is 280 g/mol. The van der Waals surface area contributed by atoms with Crippen LogP contribution in [0.4, 0.5) is 0 Å². The fraction of sp³-hybridized carbons (Fsp3) is 0.417. The summed E-state index contributed by atoms with van der Waals surface area (Å²) < 4.78 is 5.09. The van der Waals surface area contributed by atoms with Gasteiger partial charge >= 0.3 is 0 Å². The van der Waals surface area contributed by atoms with Crippen LogP contribution in [0.25, 0.3) is 0 Å². The normalized spacial score (nSPS) is 10.8. The fourth-order valence-corrected chi connectivity index (χ4v) is 2.93. The average Bonchev–Trinajstić information content (AvgIpc) is 2.77. The van der Waals surface area contributed by atoms with Crippen LogP contribution in [0.15, 0.2) is 27.7 Å². The topological polar surface area (TPSA) is 50.7 Å². The van der Waals surface area contributed by atoms with Crippen LogP contribution in [-0.2, 0) is 6.54 Å². The van der Waals surface area contributed by atoms with E-state index in [-0.39, 0.29) is 0 Å². The smallest absolute Gasteiger partial charge is 0.176 e. The molecule has 0 unspecified atom stereocenters. The summed E-state index contributed by atoms with van der Waals surface area (Å²) in [5.41, 5.74) is 1.21. The Balaban J connectivity index is 1.91. The molecule has 0 bridgehead atoms. The molecular formula is C12H16N4S2. The molecule has 0 aromatic carbocycles. The maximum absolute atomic E-state index is 4.42. The van der Waals surface area contributed by atoms with Gasteiger partial charge in [-0.3, -0.25) is 0 Å². The van der Waals surface area contributed by atoms with Gasteiger partial charge in [-0.1, -0.05) is 13.0 Å². The summed E-state index contributed by atoms with van der Waals surface area (Å²) in [6, 6.07) is 4.14. The molecule has 1 N–H and O–H groups in total. The van der Waals surface area contributed by atoms with Gasteiger partial charge in [0.15, 0.2) is 4.34 Å². The molecule has 0 aliphatic heterocycles. The third-order valence-electron chi connectivity index (χ3n) is 2.25. The molecule has 0 amide bonds. The van der Waals surface area contributed by atoms with Crippen LogP contribution in [-0.4, -0.2) is 20.9 Å². The van der Waals surface area contributed by atoms with Gasteiger partial charge in [-0.25, -0.2) is 9.97 Å². The minimum atomic E-state index is 0.822. The summed E-state index contributed by atoms with van der Waals surface area (Å²) in [6.45, 7) is 5.98. The molecule has 0 aliphatic rings. The molecule has 18 heavy (non-hydrogen) atoms. The van der Waals surface area contributed by atoms with Crippen molar-refractivity contribution in [2.75, 3.05) is 6.54 Å². The molecule has 0 spiro atoms. The number of hydrogen-bond donors (Lipinski definition) is 1. The number of nitrogens with one attached hydrogen (secondary N) is 1. The molecule has 0 saturated heterocycles. The number of aryl methyl sites for hydroxylation is 1. The Morgan fingerprint density at radius 2 is 2.28 bits per heavy atom. The molecule has 0 aliphatic carbocycles. The highest BCUT2D eigenvalue weighted by Crippen LogP contribution is 2.27. The minimum absolute atomic E-state index is 0.822. The molecule has 6 heteroatoms. The Labute approximate surface area is 115 Å². The molecule has 4 nitrogen and oxygen atoms in total. The van der Waals surface area contributed by atoms with Crippen molar-refractivity contribution in [3.63, 3.8) is 0 Å². The second-order valence-electron chi connectivity index (χ2n) is 3.89. The highest BCUT2D eigenvalue weighted by Gasteiger charge is 2.04. The van der Waals surface area contributed by atoms with Crippen molar-refractivity contribution < 1.29 is 0 Å². The summed E-state index contributed by atoms with van der Waals surface area (Å²) in [6.07, 6.45) is 3.07. The molecule has 2 heterocycles. The minimum Gasteiger partial charge on any atom is -0.313 e. The number of nitrogens with zero attached hydrogens (tertiary/aromatic N) is 3. The molecule has 2 aromatic heterocycles. The van der Waals surface area contributed by atoms with Gasteiger partial charge in [0.25, 0.3) is 0 Å². The van der Waals surface area contributed by atoms with E-state index < -0.39 is 0 Å². The van der Waals surface area contributed by atoms with Crippen LogP contribution >= 0.6 is 23.3 Å². The Kier molecular flexibility index (Phi) is 5.10. The maximum Gasteiger partial charge on any atom is 0.176 e. The zero-order valence-corrected chi connectivity index (χ0v) is 12.1. The lowest BCUT2D eigenvalue weighted by Gasteiger charge is -2.03. The number of aromatic nitrogens is 3. The summed E-state index contributed by atoms with van der Waals surface area (Å²) in [5.74, 6) is 0.822. The molecule has 0 atom stereocenters. The van der Waals surface area contributed by atoms with Crippen molar-refractivity contribution in [3.8, 4) is 0 Å². The second-order valence-corrected chi connectivity index (χ2v) is 5.91. The van der Waals surface area contributed by atoms with Gasteiger partial charge < -0.3 is 5.32 Å². The van der Waals surface area contributed by atoms with Gasteiger partial charge in [0.2, 0.25) is 0 Å². The molecule has 2 aromatic rings. The van der Waals surface area contributed by atoms with Crippen molar-refractivity contribution in [3.05, 3.63) is 29.7 Å². The van der Waals surface area contributed by atoms with Gasteiger partial charge in [0.1, 0.15) is 10.9 Å². The lowest BCUT2D eigenvalue weighted by Crippen LogP contribution is -2.13. The van der Waals surface area contributed by atoms with Crippen LogP contribution < -0.4 is 5.32 Å². The van der Waals surface area contributed by atoms with Crippen molar-refractivity contribution in [2.45, 2.75) is 36.2 Å². The number of rotatable bonds is 6. The third-order valence-corrected chi connectivity index (χ3v) is 4.05. The standard InChI is InChI=1S/C12H16N4S2/c1-3-6-13-7-10-4-5-11(14-8-10)17-12-15-9(2)16-18-12/h4-5,8,13H,3,6-7H2,1-2H3. The van der Waals surface area contributed by atoms with Gasteiger partial charge in [0.05, 0.1) is 0 Å². The van der Waals surface area contributed by atoms with Gasteiger partial charge in [-0.2, -0.15) is 4.37 Å². The van der Waals surface area contributed by atoms with E-state index in [0.29, 0.717) is 0 Å². The van der Waals surface area contributed by atoms with E-state index in [1.165, 1.54) is 17.1 Å². The van der Waals surface area contributed by atoms with E-state index in [0.717, 1.165) is 34.7 Å². The van der Waals surface area contributed by atoms with E-state index in [2.05, 4.69) is 32.6 Å². The molecular weight excluding hydrogens is 264 g/mol. The summed E-state index contributed by atoms with van der Waals surface area (Å²) >= 11 is 2.97. The predicted octanol–water partition coefficient (Wildman–Crippen LogP) is 2.89. The zero-order valence-electron chi connectivity index (χ0n) is 10.5. The van der Waals surface area contributed by atoms with E-state index in [4.69, 9.17) is 0 Å². The van der Waals surface area contributed by atoms with Crippen molar-refractivity contribution in [2.24, 2.45) is 0 Å². The third kappa shape index (κ3) is 4.04. The van der Waals surface area contributed by atoms with Crippen molar-refractivity contribution >= 4 is 23.3 Å². The molecule has 0 fully saturated rings. The molecule has 2 rings (SSSR count). The monoisotopic (exact) mass is 280 g/mol. The maximum atomic E-state index is 4.42. The summed E-state index contributed by atoms with van der Waals surface area (Å²) in [7, 11) is 0. The summed E-state index contributed by atoms with van der Waals surface area (Å²) in [4.78, 5) is 8.73. The van der Waals surface area contributed by atoms with Crippen LogP contribution in [0.1, 0.15) is 24.7 Å². The Hall–Kier alpha value is -0.980. The van der Waals surface area contributed by atoms with Crippen LogP contribution in [0, 0.1) is 6.92 Å². The van der Waals surface area contributed by atoms with Crippen LogP contribution in [0.5, 0.6) is 0 Å². The van der Waals surface area contributed by atoms with Crippen molar-refractivity contribution in [1.82, 2.24) is 19.7 Å². The highest BCUT2D eigenvalue weighted by molar-refractivity contribution is 8.00. The molecule has 0 radical (unpaired) electrons. The second kappa shape index (κ2) is 6.82. The first-order chi connectivity index (χ1) is 8.78. The molecule has 96 valence electrons. The summed E-state index contributed by atoms with van der Waals surface area (Å²) in [5, 5.41) is 4.32. The van der Waals surface area contributed by atoms with E-state index in [9.17, 15) is 0 Å². The fourth-order valence-electron chi connectivity index (χ4n) is 1.39. The Morgan fingerprint density at radius 1 is 1.39 bits per heavy atom. The quantitative estimate of drug-likeness (QED) is 0.825. The van der Waals surface area contributed by atoms with E-state index in [1.807, 2.05) is 19.2 Å². The van der Waals surface area contributed by atoms with Gasteiger partial charge in [0, 0.05) is 12.7 Å². The van der Waals surface area contributed by atoms with Gasteiger partial charge in [-0.05, 0) is 54.8 Å². The predicted molar refractivity (Wildman–Crippen MR) is 75.0 cm³/mol.